The van der Waals surface area contributed by atoms with Crippen LogP contribution in [0.25, 0.3) is 11.0 Å². The molecule has 3 heterocycles. The summed E-state index contributed by atoms with van der Waals surface area (Å²) >= 11 is 0. The number of nitrogens with zero attached hydrogens (tertiary/aromatic N) is 2. The van der Waals surface area contributed by atoms with E-state index in [-0.39, 0.29) is 17.6 Å². The Kier molecular flexibility index (Phi) is 4.71. The van der Waals surface area contributed by atoms with Crippen LogP contribution >= 0.6 is 0 Å². The van der Waals surface area contributed by atoms with E-state index in [1.807, 2.05) is 6.07 Å². The smallest absolute Gasteiger partial charge is 0.259 e. The van der Waals surface area contributed by atoms with Crippen molar-refractivity contribution in [3.63, 3.8) is 0 Å². The summed E-state index contributed by atoms with van der Waals surface area (Å²) in [7, 11) is 0. The van der Waals surface area contributed by atoms with Crippen molar-refractivity contribution in [2.45, 2.75) is 18.8 Å². The van der Waals surface area contributed by atoms with Gasteiger partial charge < -0.3 is 14.7 Å². The Hall–Kier alpha value is -3.26. The molecule has 0 aliphatic carbocycles. The average molecular weight is 408 g/mol. The summed E-state index contributed by atoms with van der Waals surface area (Å²) in [4.78, 5) is 25.8. The number of carbonyl (C=O) groups excluding carboxylic acids is 2. The van der Waals surface area contributed by atoms with Crippen LogP contribution in [-0.2, 0) is 0 Å². The van der Waals surface area contributed by atoms with Crippen molar-refractivity contribution < 1.29 is 18.5 Å². The third kappa shape index (κ3) is 3.43. The Morgan fingerprint density at radius 1 is 1.10 bits per heavy atom. The first-order valence-corrected chi connectivity index (χ1v) is 10.1. The average Bonchev–Trinajstić information content (AvgIpc) is 3.29. The topological polar surface area (TPSA) is 87.5 Å². The number of hydrogen-bond donors (Lipinski definition) is 2. The van der Waals surface area contributed by atoms with Gasteiger partial charge in [0, 0.05) is 36.1 Å². The van der Waals surface area contributed by atoms with Gasteiger partial charge in [-0.15, -0.1) is 0 Å². The number of piperidine rings is 1. The number of carbonyl (C=O) groups is 2. The second-order valence-electron chi connectivity index (χ2n) is 7.79. The molecule has 0 saturated carbocycles. The van der Waals surface area contributed by atoms with Gasteiger partial charge in [0.05, 0.1) is 16.8 Å². The van der Waals surface area contributed by atoms with Crippen LogP contribution in [0.1, 0.15) is 45.2 Å². The van der Waals surface area contributed by atoms with Crippen molar-refractivity contribution in [2.75, 3.05) is 31.5 Å². The zero-order chi connectivity index (χ0) is 20.7. The maximum absolute atomic E-state index is 13.3. The first kappa shape index (κ1) is 18.7. The van der Waals surface area contributed by atoms with E-state index in [9.17, 15) is 14.0 Å². The third-order valence-corrected chi connectivity index (χ3v) is 5.93. The predicted octanol–water partition coefficient (Wildman–Crippen LogP) is 3.14. The summed E-state index contributed by atoms with van der Waals surface area (Å²) in [5.74, 6) is -0.685. The van der Waals surface area contributed by atoms with E-state index in [2.05, 4.69) is 20.7 Å². The van der Waals surface area contributed by atoms with Crippen LogP contribution in [0.4, 0.5) is 10.1 Å². The molecule has 3 aromatic rings. The summed E-state index contributed by atoms with van der Waals surface area (Å²) in [6, 6.07) is 9.80. The summed E-state index contributed by atoms with van der Waals surface area (Å²) in [6.45, 7) is 3.51. The lowest BCUT2D eigenvalue weighted by Gasteiger charge is -2.31. The van der Waals surface area contributed by atoms with Crippen molar-refractivity contribution in [1.29, 1.82) is 0 Å². The van der Waals surface area contributed by atoms with Crippen LogP contribution in [-0.4, -0.2) is 48.0 Å². The van der Waals surface area contributed by atoms with E-state index >= 15 is 0 Å². The monoisotopic (exact) mass is 408 g/mol. The number of anilines is 1. The fourth-order valence-corrected chi connectivity index (χ4v) is 4.29. The highest BCUT2D eigenvalue weighted by Gasteiger charge is 2.27. The highest BCUT2D eigenvalue weighted by atomic mass is 19.1. The van der Waals surface area contributed by atoms with Gasteiger partial charge in [-0.2, -0.15) is 0 Å². The zero-order valence-electron chi connectivity index (χ0n) is 16.3. The standard InChI is InChI=1S/C22H21FN4O3/c23-14-1-3-17-19(11-14)30-26-20(17)13-5-8-27(9-6-13)10-7-24-15-2-4-16-18(12-15)22(29)25-21(16)28/h1-4,11-13,24H,5-10H2,(H,25,28,29). The molecule has 5 rings (SSSR count). The second-order valence-corrected chi connectivity index (χ2v) is 7.79. The van der Waals surface area contributed by atoms with Gasteiger partial charge in [0.25, 0.3) is 11.8 Å². The van der Waals surface area contributed by atoms with Gasteiger partial charge in [-0.1, -0.05) is 5.16 Å². The van der Waals surface area contributed by atoms with Crippen LogP contribution in [0.15, 0.2) is 40.9 Å². The predicted molar refractivity (Wildman–Crippen MR) is 109 cm³/mol. The second kappa shape index (κ2) is 7.53. The van der Waals surface area contributed by atoms with Crippen molar-refractivity contribution >= 4 is 28.5 Å². The molecule has 2 aliphatic heterocycles. The number of aromatic nitrogens is 1. The van der Waals surface area contributed by atoms with Crippen LogP contribution in [0, 0.1) is 5.82 Å². The molecule has 2 N–H and O–H groups in total. The quantitative estimate of drug-likeness (QED) is 0.631. The third-order valence-electron chi connectivity index (χ3n) is 5.93. The van der Waals surface area contributed by atoms with Gasteiger partial charge in [0.15, 0.2) is 5.58 Å². The van der Waals surface area contributed by atoms with Gasteiger partial charge in [-0.3, -0.25) is 14.9 Å². The van der Waals surface area contributed by atoms with Crippen LogP contribution in [0.3, 0.4) is 0 Å². The molecule has 0 unspecified atom stereocenters. The largest absolute Gasteiger partial charge is 0.384 e. The minimum absolute atomic E-state index is 0.314. The van der Waals surface area contributed by atoms with E-state index in [1.54, 1.807) is 18.2 Å². The number of halogens is 1. The minimum Gasteiger partial charge on any atom is -0.384 e. The van der Waals surface area contributed by atoms with Crippen molar-refractivity contribution in [3.05, 3.63) is 59.0 Å². The molecule has 2 aliphatic rings. The number of likely N-dealkylation sites (tertiary alicyclic amines) is 1. The molecule has 0 atom stereocenters. The van der Waals surface area contributed by atoms with E-state index in [1.165, 1.54) is 12.1 Å². The lowest BCUT2D eigenvalue weighted by Crippen LogP contribution is -2.36. The number of nitrogens with one attached hydrogen (secondary N) is 2. The van der Waals surface area contributed by atoms with Gasteiger partial charge in [-0.05, 0) is 56.3 Å². The van der Waals surface area contributed by atoms with Gasteiger partial charge in [0.1, 0.15) is 5.82 Å². The van der Waals surface area contributed by atoms with Crippen molar-refractivity contribution in [2.24, 2.45) is 0 Å². The van der Waals surface area contributed by atoms with E-state index in [0.29, 0.717) is 22.6 Å². The number of amides is 2. The molecule has 154 valence electrons. The van der Waals surface area contributed by atoms with Gasteiger partial charge in [0.2, 0.25) is 0 Å². The molecule has 8 heteroatoms. The summed E-state index contributed by atoms with van der Waals surface area (Å²) in [6.07, 6.45) is 1.94. The summed E-state index contributed by atoms with van der Waals surface area (Å²) in [5, 5.41) is 10.7. The Balaban J connectivity index is 1.14. The number of hydrogen-bond acceptors (Lipinski definition) is 6. The molecule has 0 spiro atoms. The molecule has 7 nitrogen and oxygen atoms in total. The highest BCUT2D eigenvalue weighted by molar-refractivity contribution is 6.21. The maximum atomic E-state index is 13.3. The Morgan fingerprint density at radius 2 is 1.90 bits per heavy atom. The lowest BCUT2D eigenvalue weighted by molar-refractivity contribution is 0.0879. The van der Waals surface area contributed by atoms with Crippen LogP contribution in [0.5, 0.6) is 0 Å². The first-order valence-electron chi connectivity index (χ1n) is 10.1. The molecule has 1 aromatic heterocycles. The number of fused-ring (bicyclic) bond motifs is 2. The Bertz CT molecular complexity index is 1130. The van der Waals surface area contributed by atoms with Crippen molar-refractivity contribution in [3.8, 4) is 0 Å². The SMILES string of the molecule is O=C1NC(=O)c2cc(NCCN3CCC(c4noc5cc(F)ccc45)CC3)ccc21. The Morgan fingerprint density at radius 3 is 2.73 bits per heavy atom. The Labute approximate surface area is 172 Å². The molecule has 30 heavy (non-hydrogen) atoms. The molecule has 1 saturated heterocycles. The van der Waals surface area contributed by atoms with E-state index in [0.717, 1.165) is 55.8 Å². The van der Waals surface area contributed by atoms with Gasteiger partial charge in [-0.25, -0.2) is 4.39 Å². The number of rotatable bonds is 5. The molecule has 1 fully saturated rings. The van der Waals surface area contributed by atoms with E-state index < -0.39 is 0 Å². The fraction of sp³-hybridized carbons (Fsp3) is 0.318. The lowest BCUT2D eigenvalue weighted by atomic mass is 9.91. The molecular formula is C22H21FN4O3. The fourth-order valence-electron chi connectivity index (χ4n) is 4.29. The molecule has 2 aromatic carbocycles. The van der Waals surface area contributed by atoms with Crippen molar-refractivity contribution in [1.82, 2.24) is 15.4 Å². The van der Waals surface area contributed by atoms with Crippen LogP contribution < -0.4 is 10.6 Å². The number of benzene rings is 2. The first-order chi connectivity index (χ1) is 14.6. The summed E-state index contributed by atoms with van der Waals surface area (Å²) in [5.41, 5.74) is 3.10. The van der Waals surface area contributed by atoms with E-state index in [4.69, 9.17) is 4.52 Å². The summed E-state index contributed by atoms with van der Waals surface area (Å²) < 4.78 is 18.7. The molecule has 0 bridgehead atoms. The zero-order valence-corrected chi connectivity index (χ0v) is 16.3. The van der Waals surface area contributed by atoms with Gasteiger partial charge >= 0.3 is 0 Å². The normalized spacial score (nSPS) is 17.4. The maximum Gasteiger partial charge on any atom is 0.259 e. The molecule has 0 radical (unpaired) electrons. The molecular weight excluding hydrogens is 387 g/mol. The number of imide groups is 1. The molecule has 2 amide bonds. The minimum atomic E-state index is -0.344. The van der Waals surface area contributed by atoms with Crippen LogP contribution in [0.2, 0.25) is 0 Å². The highest BCUT2D eigenvalue weighted by Crippen LogP contribution is 2.32.